The van der Waals surface area contributed by atoms with E-state index in [-0.39, 0.29) is 32.1 Å². The average Bonchev–Trinajstić information content (AvgIpc) is 3.23. The third-order valence-electron chi connectivity index (χ3n) is 12.1. The molecule has 0 aromatic heterocycles. The number of esters is 5. The normalized spacial score (nSPS) is 36.1. The van der Waals surface area contributed by atoms with Gasteiger partial charge in [-0.15, -0.1) is 0 Å². The summed E-state index contributed by atoms with van der Waals surface area (Å²) in [5, 5.41) is 11.5. The summed E-state index contributed by atoms with van der Waals surface area (Å²) in [5.74, 6) is -3.97. The second-order valence-electron chi connectivity index (χ2n) is 17.9. The number of cyclic esters (lactones) is 1. The highest BCUT2D eigenvalue weighted by Gasteiger charge is 2.54. The zero-order valence-corrected chi connectivity index (χ0v) is 41.3. The van der Waals surface area contributed by atoms with Crippen molar-refractivity contribution in [2.24, 2.45) is 11.8 Å². The van der Waals surface area contributed by atoms with Crippen LogP contribution >= 0.6 is 0 Å². The molecule has 66 heavy (non-hydrogen) atoms. The second-order valence-corrected chi connectivity index (χ2v) is 17.9. The largest absolute Gasteiger partial charge is 0.462 e. The van der Waals surface area contributed by atoms with Gasteiger partial charge in [0, 0.05) is 67.3 Å². The number of aliphatic hydroxyl groups is 1. The molecule has 3 aliphatic heterocycles. The summed E-state index contributed by atoms with van der Waals surface area (Å²) in [6.45, 7) is 14.5. The number of hydrogen-bond acceptors (Lipinski definition) is 19. The van der Waals surface area contributed by atoms with Gasteiger partial charge >= 0.3 is 29.8 Å². The number of likely N-dealkylation sites (N-methyl/N-ethyl adjacent to an activating group) is 1. The van der Waals surface area contributed by atoms with Gasteiger partial charge in [0.15, 0.2) is 31.1 Å². The molecule has 19 heteroatoms. The van der Waals surface area contributed by atoms with E-state index in [0.717, 1.165) is 0 Å². The van der Waals surface area contributed by atoms with Crippen molar-refractivity contribution in [3.05, 3.63) is 24.3 Å². The molecule has 0 saturated carbocycles. The van der Waals surface area contributed by atoms with Crippen molar-refractivity contribution in [1.29, 1.82) is 0 Å². The van der Waals surface area contributed by atoms with Crippen LogP contribution in [0.2, 0.25) is 0 Å². The molecule has 0 bridgehead atoms. The summed E-state index contributed by atoms with van der Waals surface area (Å²) in [6.07, 6.45) is -5.18. The summed E-state index contributed by atoms with van der Waals surface area (Å²) < 4.78 is 73.5. The number of methoxy groups -OCH3 is 3. The van der Waals surface area contributed by atoms with Crippen LogP contribution in [-0.2, 0) is 80.8 Å². The van der Waals surface area contributed by atoms with Gasteiger partial charge < -0.3 is 66.8 Å². The fraction of sp³-hybridized carbons (Fsp3) is 0.809. The lowest BCUT2D eigenvalue weighted by Gasteiger charge is -2.51. The van der Waals surface area contributed by atoms with Crippen molar-refractivity contribution in [2.45, 2.75) is 199 Å². The molecule has 2 saturated heterocycles. The summed E-state index contributed by atoms with van der Waals surface area (Å²) in [7, 11) is 7.90. The minimum atomic E-state index is -1.53. The van der Waals surface area contributed by atoms with Gasteiger partial charge in [0.25, 0.3) is 0 Å². The summed E-state index contributed by atoms with van der Waals surface area (Å²) in [4.78, 5) is 66.4. The molecule has 1 N–H and O–H groups in total. The number of nitrogens with zero attached hydrogens (tertiary/aromatic N) is 1. The standard InChI is InChI=1S/C47H77NO18/c1-15-35(51)63-34-24-37(53)58-27(4)20-18-17-19-21-33(61-30(7)49)26(3)22-32(23-38(55-12)56-13)42(43(34)57-14)66-46-44(62-31(8)50)40(48(10)11)41(28(5)60-46)65-39-25-47(9,54)45(29(6)59-39)64-36(52)16-2/h17-19,21,26-29,32-34,38-46,54H,15-16,20,22-25H2,1-14H3/t26-,27-,28?,29?,32-,33+,34-,39?,40?,41?,42+,43?,44?,45?,46?,47?/m1/s1. The molecule has 3 rings (SSSR count). The smallest absolute Gasteiger partial charge is 0.309 e. The minimum absolute atomic E-state index is 0.0197. The molecular weight excluding hydrogens is 867 g/mol. The van der Waals surface area contributed by atoms with E-state index in [4.69, 9.17) is 56.8 Å². The van der Waals surface area contributed by atoms with Crippen LogP contribution in [0.3, 0.4) is 0 Å². The van der Waals surface area contributed by atoms with Crippen LogP contribution in [0, 0.1) is 11.8 Å². The van der Waals surface area contributed by atoms with Crippen LogP contribution in [0.15, 0.2) is 24.3 Å². The Labute approximate surface area is 390 Å². The van der Waals surface area contributed by atoms with Gasteiger partial charge in [0.1, 0.15) is 36.1 Å². The van der Waals surface area contributed by atoms with E-state index in [1.807, 2.05) is 13.0 Å². The Balaban J connectivity index is 2.23. The van der Waals surface area contributed by atoms with E-state index >= 15 is 0 Å². The Hall–Kier alpha value is -3.53. The van der Waals surface area contributed by atoms with Crippen LogP contribution in [0.1, 0.15) is 107 Å². The van der Waals surface area contributed by atoms with Crippen LogP contribution in [0.25, 0.3) is 0 Å². The predicted molar refractivity (Wildman–Crippen MR) is 236 cm³/mol. The lowest BCUT2D eigenvalue weighted by atomic mass is 9.82. The number of allylic oxidation sites excluding steroid dienone is 2. The zero-order valence-electron chi connectivity index (χ0n) is 41.3. The van der Waals surface area contributed by atoms with Crippen molar-refractivity contribution < 1.29 is 85.9 Å². The fourth-order valence-corrected chi connectivity index (χ4v) is 8.86. The van der Waals surface area contributed by atoms with Crippen LogP contribution in [-0.4, -0.2) is 167 Å². The zero-order chi connectivity index (χ0) is 49.5. The van der Waals surface area contributed by atoms with E-state index in [0.29, 0.717) is 6.42 Å². The van der Waals surface area contributed by atoms with E-state index < -0.39 is 140 Å². The molecular formula is C47H77NO18. The number of carbonyl (C=O) groups excluding carboxylic acids is 5. The number of carbonyl (C=O) groups is 5. The van der Waals surface area contributed by atoms with Crippen LogP contribution in [0.4, 0.5) is 0 Å². The van der Waals surface area contributed by atoms with Crippen molar-refractivity contribution in [2.75, 3.05) is 35.4 Å². The van der Waals surface area contributed by atoms with Crippen molar-refractivity contribution in [3.8, 4) is 0 Å². The SMILES string of the molecule is CCC(=O)OC1C(C)OC(OC2C(C)OC(O[C@@H]3C(OC)[C@H](OC(=O)CC)CC(=O)O[C@H](C)CC=CC=C[C@H](OC(C)=O)[C@H](C)C[C@@H]3CC(OC)OC)C(OC(C)=O)C2N(C)C)CC1(C)O. The lowest BCUT2D eigenvalue weighted by molar-refractivity contribution is -0.345. The first-order chi connectivity index (χ1) is 31.1. The van der Waals surface area contributed by atoms with Gasteiger partial charge in [-0.2, -0.15) is 0 Å². The van der Waals surface area contributed by atoms with Gasteiger partial charge in [-0.3, -0.25) is 24.0 Å². The Morgan fingerprint density at radius 3 is 2.03 bits per heavy atom. The highest BCUT2D eigenvalue weighted by Crippen LogP contribution is 2.39. The third-order valence-corrected chi connectivity index (χ3v) is 12.1. The quantitative estimate of drug-likeness (QED) is 0.129. The highest BCUT2D eigenvalue weighted by molar-refractivity contribution is 5.73. The Kier molecular flexibility index (Phi) is 23.1. The van der Waals surface area contributed by atoms with Crippen molar-refractivity contribution >= 4 is 29.8 Å². The fourth-order valence-electron chi connectivity index (χ4n) is 8.86. The first kappa shape index (κ1) is 56.8. The number of ether oxygens (including phenoxy) is 12. The first-order valence-electron chi connectivity index (χ1n) is 22.9. The molecule has 19 nitrogen and oxygen atoms in total. The maximum atomic E-state index is 13.7. The molecule has 3 aliphatic rings. The lowest BCUT2D eigenvalue weighted by Crippen LogP contribution is -2.66. The maximum absolute atomic E-state index is 13.7. The summed E-state index contributed by atoms with van der Waals surface area (Å²) in [5.41, 5.74) is -1.53. The molecule has 10 unspecified atom stereocenters. The van der Waals surface area contributed by atoms with Crippen LogP contribution < -0.4 is 0 Å². The Bertz CT molecular complexity index is 1620. The molecule has 0 amide bonds. The number of rotatable bonds is 16. The molecule has 16 atom stereocenters. The molecule has 2 fully saturated rings. The summed E-state index contributed by atoms with van der Waals surface area (Å²) >= 11 is 0. The van der Waals surface area contributed by atoms with Crippen molar-refractivity contribution in [1.82, 2.24) is 4.90 Å². The molecule has 0 spiro atoms. The Morgan fingerprint density at radius 2 is 1.47 bits per heavy atom. The van der Waals surface area contributed by atoms with Gasteiger partial charge in [0.05, 0.1) is 30.8 Å². The predicted octanol–water partition coefficient (Wildman–Crippen LogP) is 4.33. The van der Waals surface area contributed by atoms with Gasteiger partial charge in [-0.1, -0.05) is 39.0 Å². The van der Waals surface area contributed by atoms with E-state index in [1.54, 1.807) is 78.8 Å². The van der Waals surface area contributed by atoms with E-state index in [1.165, 1.54) is 35.2 Å². The summed E-state index contributed by atoms with van der Waals surface area (Å²) in [6, 6.07) is -0.783. The first-order valence-corrected chi connectivity index (χ1v) is 22.9. The molecule has 0 aromatic carbocycles. The molecule has 0 aliphatic carbocycles. The van der Waals surface area contributed by atoms with E-state index in [9.17, 15) is 29.1 Å². The average molecular weight is 944 g/mol. The maximum Gasteiger partial charge on any atom is 0.309 e. The number of hydrogen-bond donors (Lipinski definition) is 1. The van der Waals surface area contributed by atoms with Crippen molar-refractivity contribution in [3.63, 3.8) is 0 Å². The monoisotopic (exact) mass is 944 g/mol. The molecule has 0 radical (unpaired) electrons. The van der Waals surface area contributed by atoms with Gasteiger partial charge in [-0.25, -0.2) is 0 Å². The Morgan fingerprint density at radius 1 is 0.833 bits per heavy atom. The highest BCUT2D eigenvalue weighted by atomic mass is 16.7. The second kappa shape index (κ2) is 26.9. The molecule has 0 aromatic rings. The van der Waals surface area contributed by atoms with Gasteiger partial charge in [-0.05, 0) is 66.1 Å². The van der Waals surface area contributed by atoms with Gasteiger partial charge in [0.2, 0.25) is 0 Å². The minimum Gasteiger partial charge on any atom is -0.462 e. The molecule has 3 heterocycles. The third kappa shape index (κ3) is 16.6. The molecule has 378 valence electrons. The topological polar surface area (TPSA) is 220 Å². The van der Waals surface area contributed by atoms with E-state index in [2.05, 4.69) is 0 Å². The van der Waals surface area contributed by atoms with Crippen LogP contribution in [0.5, 0.6) is 0 Å².